The van der Waals surface area contributed by atoms with Crippen LogP contribution in [-0.2, 0) is 14.1 Å². The summed E-state index contributed by atoms with van der Waals surface area (Å²) in [5.74, 6) is 4.41. The normalized spacial score (nSPS) is 11.0. The zero-order valence-electron chi connectivity index (χ0n) is 7.76. The van der Waals surface area contributed by atoms with Gasteiger partial charge in [-0.05, 0) is 0 Å². The van der Waals surface area contributed by atoms with Gasteiger partial charge in [-0.25, -0.2) is 4.79 Å². The van der Waals surface area contributed by atoms with Crippen LogP contribution in [0, 0.1) is 0 Å². The highest BCUT2D eigenvalue weighted by atomic mass is 16.3. The van der Waals surface area contributed by atoms with Gasteiger partial charge in [-0.2, -0.15) is 5.10 Å². The van der Waals surface area contributed by atoms with Gasteiger partial charge in [0, 0.05) is 14.1 Å². The maximum atomic E-state index is 11.4. The molecule has 0 aromatic carbocycles. The summed E-state index contributed by atoms with van der Waals surface area (Å²) in [6.07, 6.45) is 0.997. The Morgan fingerprint density at radius 2 is 1.93 bits per heavy atom. The van der Waals surface area contributed by atoms with Gasteiger partial charge in [0.15, 0.2) is 0 Å². The average Bonchev–Trinajstić information content (AvgIpc) is 2.19. The fourth-order valence-corrected chi connectivity index (χ4v) is 1.05. The van der Waals surface area contributed by atoms with Crippen LogP contribution >= 0.6 is 0 Å². The van der Waals surface area contributed by atoms with Crippen LogP contribution in [0.2, 0.25) is 0 Å². The molecule has 1 rings (SSSR count). The topological polar surface area (TPSA) is 103 Å². The fraction of sp³-hybridized carbons (Fsp3) is 0.286. The summed E-state index contributed by atoms with van der Waals surface area (Å²) in [6, 6.07) is 0. The first-order valence-electron chi connectivity index (χ1n) is 3.73. The maximum absolute atomic E-state index is 11.4. The quantitative estimate of drug-likeness (QED) is 0.312. The van der Waals surface area contributed by atoms with Crippen LogP contribution in [0.25, 0.3) is 0 Å². The number of rotatable bonds is 1. The number of hydrazone groups is 1. The van der Waals surface area contributed by atoms with Gasteiger partial charge in [0.25, 0.3) is 5.56 Å². The summed E-state index contributed by atoms with van der Waals surface area (Å²) in [5.41, 5.74) is -1.36. The second-order valence-electron chi connectivity index (χ2n) is 2.72. The van der Waals surface area contributed by atoms with Crippen molar-refractivity contribution >= 4 is 6.21 Å². The summed E-state index contributed by atoms with van der Waals surface area (Å²) in [4.78, 5) is 22.7. The van der Waals surface area contributed by atoms with Gasteiger partial charge in [0.1, 0.15) is 5.56 Å². The SMILES string of the molecule is Cn1c(O)c(/C=N/N)c(=O)n(C)c1=O. The Labute approximate surface area is 78.7 Å². The van der Waals surface area contributed by atoms with Crippen molar-refractivity contribution in [1.29, 1.82) is 0 Å². The molecule has 0 fully saturated rings. The lowest BCUT2D eigenvalue weighted by atomic mass is 10.3. The standard InChI is InChI=1S/C7H10N4O3/c1-10-5(12)4(3-9-8)6(13)11(2)7(10)14/h3,12H,8H2,1-2H3/b9-3+. The van der Waals surface area contributed by atoms with Crippen molar-refractivity contribution in [2.45, 2.75) is 0 Å². The summed E-state index contributed by atoms with van der Waals surface area (Å²) < 4.78 is 1.79. The molecule has 3 N–H and O–H groups in total. The Bertz CT molecular complexity index is 497. The smallest absolute Gasteiger partial charge is 0.333 e. The molecule has 0 atom stereocenters. The summed E-state index contributed by atoms with van der Waals surface area (Å²) in [5, 5.41) is 12.5. The summed E-state index contributed by atoms with van der Waals surface area (Å²) in [6.45, 7) is 0. The largest absolute Gasteiger partial charge is 0.494 e. The maximum Gasteiger partial charge on any atom is 0.333 e. The van der Waals surface area contributed by atoms with E-state index in [9.17, 15) is 14.7 Å². The summed E-state index contributed by atoms with van der Waals surface area (Å²) in [7, 11) is 2.64. The van der Waals surface area contributed by atoms with Crippen molar-refractivity contribution in [3.05, 3.63) is 26.4 Å². The molecule has 7 nitrogen and oxygen atoms in total. The number of nitrogens with zero attached hydrogens (tertiary/aromatic N) is 3. The van der Waals surface area contributed by atoms with Gasteiger partial charge >= 0.3 is 5.69 Å². The van der Waals surface area contributed by atoms with E-state index >= 15 is 0 Å². The molecular formula is C7H10N4O3. The third kappa shape index (κ3) is 1.28. The van der Waals surface area contributed by atoms with E-state index < -0.39 is 17.1 Å². The van der Waals surface area contributed by atoms with Gasteiger partial charge in [0.2, 0.25) is 5.88 Å². The minimum atomic E-state index is -0.639. The molecule has 0 saturated heterocycles. The zero-order chi connectivity index (χ0) is 10.9. The molecule has 0 radical (unpaired) electrons. The Morgan fingerprint density at radius 3 is 2.43 bits per heavy atom. The lowest BCUT2D eigenvalue weighted by Gasteiger charge is -2.06. The van der Waals surface area contributed by atoms with Crippen LogP contribution in [0.15, 0.2) is 14.7 Å². The molecule has 0 saturated carbocycles. The van der Waals surface area contributed by atoms with E-state index in [0.29, 0.717) is 0 Å². The Balaban J connectivity index is 3.78. The highest BCUT2D eigenvalue weighted by molar-refractivity contribution is 5.81. The zero-order valence-corrected chi connectivity index (χ0v) is 7.76. The minimum absolute atomic E-state index is 0.114. The van der Waals surface area contributed by atoms with Crippen molar-refractivity contribution in [2.75, 3.05) is 0 Å². The lowest BCUT2D eigenvalue weighted by Crippen LogP contribution is -2.38. The number of aromatic nitrogens is 2. The van der Waals surface area contributed by atoms with Crippen LogP contribution in [0.5, 0.6) is 5.88 Å². The van der Waals surface area contributed by atoms with Gasteiger partial charge < -0.3 is 10.9 Å². The molecule has 1 aromatic rings. The molecule has 7 heteroatoms. The van der Waals surface area contributed by atoms with E-state index in [-0.39, 0.29) is 5.56 Å². The van der Waals surface area contributed by atoms with Gasteiger partial charge in [-0.15, -0.1) is 0 Å². The second kappa shape index (κ2) is 3.36. The van der Waals surface area contributed by atoms with E-state index in [2.05, 4.69) is 5.10 Å². The number of hydrogen-bond donors (Lipinski definition) is 2. The van der Waals surface area contributed by atoms with Crippen molar-refractivity contribution in [3.8, 4) is 5.88 Å². The van der Waals surface area contributed by atoms with Crippen molar-refractivity contribution < 1.29 is 5.11 Å². The molecular weight excluding hydrogens is 188 g/mol. The van der Waals surface area contributed by atoms with Crippen molar-refractivity contribution in [3.63, 3.8) is 0 Å². The van der Waals surface area contributed by atoms with Crippen LogP contribution < -0.4 is 17.1 Å². The molecule has 0 unspecified atom stereocenters. The first-order valence-corrected chi connectivity index (χ1v) is 3.73. The van der Waals surface area contributed by atoms with E-state index in [4.69, 9.17) is 5.84 Å². The molecule has 0 amide bonds. The molecule has 0 aliphatic rings. The highest BCUT2D eigenvalue weighted by Crippen LogP contribution is 2.04. The van der Waals surface area contributed by atoms with Crippen LogP contribution in [0.1, 0.15) is 5.56 Å². The molecule has 0 bridgehead atoms. The third-order valence-electron chi connectivity index (χ3n) is 1.87. The van der Waals surface area contributed by atoms with Crippen molar-refractivity contribution in [1.82, 2.24) is 9.13 Å². The van der Waals surface area contributed by atoms with Gasteiger partial charge in [-0.3, -0.25) is 13.9 Å². The van der Waals surface area contributed by atoms with E-state index in [1.165, 1.54) is 14.1 Å². The number of nitrogens with two attached hydrogens (primary N) is 1. The van der Waals surface area contributed by atoms with Crippen LogP contribution in [-0.4, -0.2) is 20.5 Å². The third-order valence-corrected chi connectivity index (χ3v) is 1.87. The molecule has 0 aliphatic carbocycles. The Hall–Kier alpha value is -2.05. The van der Waals surface area contributed by atoms with E-state index in [0.717, 1.165) is 15.3 Å². The van der Waals surface area contributed by atoms with Crippen LogP contribution in [0.4, 0.5) is 0 Å². The van der Waals surface area contributed by atoms with E-state index in [1.807, 2.05) is 0 Å². The van der Waals surface area contributed by atoms with E-state index in [1.54, 1.807) is 0 Å². The average molecular weight is 198 g/mol. The molecule has 76 valence electrons. The Morgan fingerprint density at radius 1 is 1.36 bits per heavy atom. The monoisotopic (exact) mass is 198 g/mol. The number of aromatic hydroxyl groups is 1. The lowest BCUT2D eigenvalue weighted by molar-refractivity contribution is 0.410. The fourth-order valence-electron chi connectivity index (χ4n) is 1.05. The molecule has 14 heavy (non-hydrogen) atoms. The molecule has 1 aromatic heterocycles. The van der Waals surface area contributed by atoms with Gasteiger partial charge in [-0.1, -0.05) is 0 Å². The van der Waals surface area contributed by atoms with Gasteiger partial charge in [0.05, 0.1) is 6.21 Å². The minimum Gasteiger partial charge on any atom is -0.494 e. The van der Waals surface area contributed by atoms with Crippen LogP contribution in [0.3, 0.4) is 0 Å². The first kappa shape index (κ1) is 10.0. The highest BCUT2D eigenvalue weighted by Gasteiger charge is 2.12. The number of hydrogen-bond acceptors (Lipinski definition) is 5. The molecule has 1 heterocycles. The second-order valence-corrected chi connectivity index (χ2v) is 2.72. The van der Waals surface area contributed by atoms with Crippen molar-refractivity contribution in [2.24, 2.45) is 25.0 Å². The first-order chi connectivity index (χ1) is 6.50. The predicted molar refractivity (Wildman–Crippen MR) is 50.4 cm³/mol. The Kier molecular flexibility index (Phi) is 2.41. The predicted octanol–water partition coefficient (Wildman–Crippen LogP) is -1.92. The summed E-state index contributed by atoms with van der Waals surface area (Å²) >= 11 is 0. The molecule has 0 spiro atoms. The molecule has 0 aliphatic heterocycles.